The van der Waals surface area contributed by atoms with Crippen molar-refractivity contribution in [3.63, 3.8) is 0 Å². The summed E-state index contributed by atoms with van der Waals surface area (Å²) in [6.45, 7) is 50.8. The van der Waals surface area contributed by atoms with Crippen LogP contribution in [0.1, 0.15) is 125 Å². The van der Waals surface area contributed by atoms with E-state index in [0.717, 1.165) is 0 Å². The predicted molar refractivity (Wildman–Crippen MR) is 204 cm³/mol. The highest BCUT2D eigenvalue weighted by Crippen LogP contribution is 2.08. The summed E-state index contributed by atoms with van der Waals surface area (Å²) in [6, 6.07) is 0. The molecule has 0 saturated heterocycles. The molecule has 0 aromatic rings. The van der Waals surface area contributed by atoms with Gasteiger partial charge in [-0.3, -0.25) is 0 Å². The van der Waals surface area contributed by atoms with Gasteiger partial charge in [-0.2, -0.15) is 17.6 Å². The third-order valence-electron chi connectivity index (χ3n) is 2.13. The van der Waals surface area contributed by atoms with Crippen molar-refractivity contribution in [3.8, 4) is 0 Å². The lowest BCUT2D eigenvalue weighted by atomic mass is 10.2. The summed E-state index contributed by atoms with van der Waals surface area (Å²) in [5.74, 6) is 0. The van der Waals surface area contributed by atoms with E-state index in [1.807, 2.05) is 55.4 Å². The molecule has 0 heterocycles. The van der Waals surface area contributed by atoms with Crippen LogP contribution < -0.4 is 0 Å². The Labute approximate surface area is 291 Å². The average Bonchev–Trinajstić information content (AvgIpc) is 2.72. The molecule has 264 valence electrons. The smallest absolute Gasteiger partial charge is 0.187 e. The van der Waals surface area contributed by atoms with Crippen molar-refractivity contribution in [2.75, 3.05) is 0 Å². The minimum absolute atomic E-state index is 0.525. The standard InChI is InChI=1S/C6H12.3C4H6ClF.4C4H8.C2H2ClF/c1-5(2)6(3)4;3*1-3(2)4(5)6;4*1-4(2)3;1-2(3)4/h1-4H3;3*1-2H3;4*1H2,2-3H3;1H2. The Morgan fingerprint density at radius 3 is 0.341 bits per heavy atom. The minimum Gasteiger partial charge on any atom is -0.194 e. The van der Waals surface area contributed by atoms with E-state index >= 15 is 0 Å². The van der Waals surface area contributed by atoms with Crippen LogP contribution in [0.2, 0.25) is 0 Å². The van der Waals surface area contributed by atoms with Gasteiger partial charge >= 0.3 is 0 Å². The third-order valence-corrected chi connectivity index (χ3v) is 3.27. The van der Waals surface area contributed by atoms with Crippen LogP contribution in [0.4, 0.5) is 17.6 Å². The molecule has 0 aromatic heterocycles. The summed E-state index contributed by atoms with van der Waals surface area (Å²) in [5, 5.41) is -2.67. The van der Waals surface area contributed by atoms with Crippen LogP contribution in [0.15, 0.2) is 104 Å². The van der Waals surface area contributed by atoms with Gasteiger partial charge in [0.2, 0.25) is 0 Å². The molecule has 0 spiro atoms. The van der Waals surface area contributed by atoms with Crippen LogP contribution in [-0.2, 0) is 0 Å². The van der Waals surface area contributed by atoms with Crippen molar-refractivity contribution in [2.45, 2.75) is 125 Å². The largest absolute Gasteiger partial charge is 0.194 e. The van der Waals surface area contributed by atoms with E-state index in [4.69, 9.17) is 34.8 Å². The second kappa shape index (κ2) is 48.4. The monoisotopic (exact) mass is 712 g/mol. The third kappa shape index (κ3) is 300. The molecule has 0 aliphatic rings. The van der Waals surface area contributed by atoms with Gasteiger partial charge in [0.1, 0.15) is 0 Å². The molecular formula is C36H64Cl4F4. The summed E-state index contributed by atoms with van der Waals surface area (Å²) in [4.78, 5) is 0. The average molecular weight is 715 g/mol. The molecule has 0 bridgehead atoms. The lowest BCUT2D eigenvalue weighted by molar-refractivity contribution is 0.682. The van der Waals surface area contributed by atoms with Gasteiger partial charge < -0.3 is 0 Å². The van der Waals surface area contributed by atoms with Crippen molar-refractivity contribution in [1.29, 1.82) is 0 Å². The highest BCUT2D eigenvalue weighted by atomic mass is 35.5. The van der Waals surface area contributed by atoms with E-state index < -0.39 is 21.1 Å². The van der Waals surface area contributed by atoms with Gasteiger partial charge in [-0.05, 0) is 141 Å². The zero-order chi connectivity index (χ0) is 38.5. The molecule has 0 atom stereocenters. The molecule has 8 heteroatoms. The van der Waals surface area contributed by atoms with Gasteiger partial charge in [0.25, 0.3) is 0 Å². The van der Waals surface area contributed by atoms with Crippen LogP contribution in [0, 0.1) is 0 Å². The lowest BCUT2D eigenvalue weighted by Crippen LogP contribution is -1.66. The van der Waals surface area contributed by atoms with Crippen molar-refractivity contribution < 1.29 is 17.6 Å². The van der Waals surface area contributed by atoms with Crippen LogP contribution in [0.5, 0.6) is 0 Å². The Bertz CT molecular complexity index is 655. The fraction of sp³-hybridized carbons (Fsp3) is 0.500. The normalized spacial score (nSPS) is 7.32. The zero-order valence-electron chi connectivity index (χ0n) is 31.1. The second-order valence-corrected chi connectivity index (χ2v) is 12.4. The molecule has 0 aliphatic heterocycles. The van der Waals surface area contributed by atoms with Gasteiger partial charge in [-0.15, -0.1) is 26.3 Å². The maximum atomic E-state index is 11.5. The van der Waals surface area contributed by atoms with Gasteiger partial charge in [0.15, 0.2) is 21.1 Å². The SMILES string of the molecule is C=C(C)C.C=C(C)C.C=C(C)C.C=C(C)C.C=C(F)Cl.CC(C)=C(C)C.CC(C)=C(F)Cl.CC(C)=C(F)Cl.CC(C)=C(F)Cl. The van der Waals surface area contributed by atoms with Crippen molar-refractivity contribution >= 4 is 46.4 Å². The maximum Gasteiger partial charge on any atom is 0.187 e. The Morgan fingerprint density at radius 1 is 0.295 bits per heavy atom. The molecule has 0 fully saturated rings. The second-order valence-electron chi connectivity index (χ2n) is 10.9. The van der Waals surface area contributed by atoms with Gasteiger partial charge in [0, 0.05) is 0 Å². The molecule has 0 nitrogen and oxygen atoms in total. The van der Waals surface area contributed by atoms with Crippen molar-refractivity contribution in [3.05, 3.63) is 104 Å². The molecular weight excluding hydrogens is 650 g/mol. The Morgan fingerprint density at radius 2 is 0.341 bits per heavy atom. The maximum absolute atomic E-state index is 11.5. The molecule has 0 rings (SSSR count). The molecule has 0 unspecified atom stereocenters. The van der Waals surface area contributed by atoms with Gasteiger partial charge in [-0.1, -0.05) is 86.4 Å². The molecule has 0 aromatic carbocycles. The van der Waals surface area contributed by atoms with E-state index in [1.165, 1.54) is 33.4 Å². The summed E-state index contributed by atoms with van der Waals surface area (Å²) < 4.78 is 45.0. The van der Waals surface area contributed by atoms with Gasteiger partial charge in [-0.25, -0.2) is 0 Å². The van der Waals surface area contributed by atoms with Crippen LogP contribution in [0.25, 0.3) is 0 Å². The fourth-order valence-corrected chi connectivity index (χ4v) is 0. The molecule has 0 N–H and O–H groups in total. The number of hydrogen-bond donors (Lipinski definition) is 0. The Hall–Kier alpha value is -1.46. The molecule has 0 amide bonds. The summed E-state index contributed by atoms with van der Waals surface area (Å²) in [6.07, 6.45) is 0. The molecule has 0 radical (unpaired) electrons. The van der Waals surface area contributed by atoms with E-state index in [-0.39, 0.29) is 0 Å². The van der Waals surface area contributed by atoms with Gasteiger partial charge in [0.05, 0.1) is 0 Å². The number of allylic oxidation sites excluding steroid dienone is 9. The first kappa shape index (κ1) is 65.3. The molecule has 0 aliphatic carbocycles. The van der Waals surface area contributed by atoms with Crippen LogP contribution in [-0.4, -0.2) is 0 Å². The predicted octanol–water partition coefficient (Wildman–Crippen LogP) is 17.7. The zero-order valence-corrected chi connectivity index (χ0v) is 34.1. The molecule has 44 heavy (non-hydrogen) atoms. The first-order valence-electron chi connectivity index (χ1n) is 13.3. The lowest BCUT2D eigenvalue weighted by Gasteiger charge is -1.88. The first-order chi connectivity index (χ1) is 19.2. The van der Waals surface area contributed by atoms with Crippen molar-refractivity contribution in [2.24, 2.45) is 0 Å². The van der Waals surface area contributed by atoms with Crippen LogP contribution in [0.3, 0.4) is 0 Å². The number of rotatable bonds is 0. The topological polar surface area (TPSA) is 0 Å². The van der Waals surface area contributed by atoms with Crippen molar-refractivity contribution in [1.82, 2.24) is 0 Å². The summed E-state index contributed by atoms with van der Waals surface area (Å²) in [5.41, 5.74) is 9.09. The van der Waals surface area contributed by atoms with E-state index in [2.05, 4.69) is 72.2 Å². The Kier molecular flexibility index (Phi) is 71.8. The van der Waals surface area contributed by atoms with E-state index in [1.54, 1.807) is 41.5 Å². The van der Waals surface area contributed by atoms with E-state index in [9.17, 15) is 17.6 Å². The van der Waals surface area contributed by atoms with E-state index in [0.29, 0.717) is 16.7 Å². The quantitative estimate of drug-likeness (QED) is 0.173. The highest BCUT2D eigenvalue weighted by molar-refractivity contribution is 6.29. The fourth-order valence-electron chi connectivity index (χ4n) is 0. The highest BCUT2D eigenvalue weighted by Gasteiger charge is 1.85. The minimum atomic E-state index is -0.861. The Balaban J connectivity index is -0.0000000451. The number of halogens is 8. The van der Waals surface area contributed by atoms with Crippen LogP contribution >= 0.6 is 46.4 Å². The summed E-state index contributed by atoms with van der Waals surface area (Å²) in [7, 11) is 0. The number of hydrogen-bond acceptors (Lipinski definition) is 0. The molecule has 0 saturated carbocycles. The summed E-state index contributed by atoms with van der Waals surface area (Å²) >= 11 is 18.9. The first-order valence-corrected chi connectivity index (χ1v) is 14.8.